The average Bonchev–Trinajstić information content (AvgIpc) is 3.15. The number of ether oxygens (including phenoxy) is 1. The molecule has 0 aliphatic carbocycles. The molecule has 0 radical (unpaired) electrons. The van der Waals surface area contributed by atoms with Crippen LogP contribution in [0.4, 0.5) is 11.5 Å². The van der Waals surface area contributed by atoms with Gasteiger partial charge in [-0.05, 0) is 52.7 Å². The van der Waals surface area contributed by atoms with Gasteiger partial charge in [-0.2, -0.15) is 5.26 Å². The number of anilines is 1. The molecule has 31 heavy (non-hydrogen) atoms. The van der Waals surface area contributed by atoms with E-state index in [0.717, 1.165) is 0 Å². The average molecular weight is 483 g/mol. The van der Waals surface area contributed by atoms with E-state index in [1.165, 1.54) is 18.2 Å². The second-order valence-corrected chi connectivity index (χ2v) is 7.17. The van der Waals surface area contributed by atoms with Crippen LogP contribution < -0.4 is 10.1 Å². The molecule has 1 heterocycles. The van der Waals surface area contributed by atoms with E-state index >= 15 is 0 Å². The molecule has 3 aromatic rings. The number of nitriles is 1. The highest BCUT2D eigenvalue weighted by Gasteiger charge is 2.14. The maximum absolute atomic E-state index is 12.3. The largest absolute Gasteiger partial charge is 0.487 e. The number of halogens is 1. The van der Waals surface area contributed by atoms with E-state index in [4.69, 9.17) is 9.26 Å². The van der Waals surface area contributed by atoms with E-state index in [9.17, 15) is 20.2 Å². The number of nitro groups is 1. The van der Waals surface area contributed by atoms with Crippen LogP contribution in [0.5, 0.6) is 5.75 Å². The first kappa shape index (κ1) is 21.7. The molecular formula is C21H15BrN4O5. The number of nitro benzene ring substituents is 1. The van der Waals surface area contributed by atoms with Crippen LogP contribution >= 0.6 is 15.9 Å². The van der Waals surface area contributed by atoms with Crippen molar-refractivity contribution in [3.63, 3.8) is 0 Å². The third-order valence-corrected chi connectivity index (χ3v) is 4.69. The van der Waals surface area contributed by atoms with E-state index in [1.54, 1.807) is 43.3 Å². The number of rotatable bonds is 7. The standard InChI is InChI=1S/C21H15BrN4O5/c1-13-8-20(25-31-13)24-21(27)16(11-23)9-14-6-7-19(17(22)10-14)30-12-15-4-2-3-5-18(15)26(28)29/h2-10H,12H2,1H3,(H,24,25,27)/b16-9-. The number of aryl methyl sites for hydroxylation is 1. The lowest BCUT2D eigenvalue weighted by Crippen LogP contribution is -2.13. The highest BCUT2D eigenvalue weighted by atomic mass is 79.9. The molecule has 0 saturated carbocycles. The minimum Gasteiger partial charge on any atom is -0.487 e. The van der Waals surface area contributed by atoms with Gasteiger partial charge < -0.3 is 14.6 Å². The summed E-state index contributed by atoms with van der Waals surface area (Å²) in [6.07, 6.45) is 1.42. The molecule has 10 heteroatoms. The molecule has 1 N–H and O–H groups in total. The minimum absolute atomic E-state index is 0.00785. The van der Waals surface area contributed by atoms with E-state index < -0.39 is 10.8 Å². The number of carbonyl (C=O) groups excluding carboxylic acids is 1. The van der Waals surface area contributed by atoms with Crippen LogP contribution in [0.15, 0.2) is 63.1 Å². The zero-order valence-corrected chi connectivity index (χ0v) is 17.8. The summed E-state index contributed by atoms with van der Waals surface area (Å²) in [7, 11) is 0. The first-order chi connectivity index (χ1) is 14.9. The van der Waals surface area contributed by atoms with Crippen molar-refractivity contribution in [1.82, 2.24) is 5.16 Å². The summed E-state index contributed by atoms with van der Waals surface area (Å²) in [5, 5.41) is 26.6. The highest BCUT2D eigenvalue weighted by molar-refractivity contribution is 9.10. The second-order valence-electron chi connectivity index (χ2n) is 6.31. The summed E-state index contributed by atoms with van der Waals surface area (Å²) in [5.74, 6) is 0.571. The van der Waals surface area contributed by atoms with E-state index in [0.29, 0.717) is 27.1 Å². The summed E-state index contributed by atoms with van der Waals surface area (Å²) in [5.41, 5.74) is 0.870. The highest BCUT2D eigenvalue weighted by Crippen LogP contribution is 2.29. The Bertz CT molecular complexity index is 1210. The Hall–Kier alpha value is -3.97. The lowest BCUT2D eigenvalue weighted by molar-refractivity contribution is -0.385. The van der Waals surface area contributed by atoms with Gasteiger partial charge in [0.25, 0.3) is 11.6 Å². The van der Waals surface area contributed by atoms with Crippen molar-refractivity contribution < 1.29 is 19.0 Å². The molecule has 0 spiro atoms. The first-order valence-corrected chi connectivity index (χ1v) is 9.68. The molecule has 0 aliphatic rings. The summed E-state index contributed by atoms with van der Waals surface area (Å²) >= 11 is 3.38. The third-order valence-electron chi connectivity index (χ3n) is 4.07. The van der Waals surface area contributed by atoms with Gasteiger partial charge >= 0.3 is 0 Å². The van der Waals surface area contributed by atoms with Gasteiger partial charge in [0.15, 0.2) is 5.82 Å². The molecule has 1 aromatic heterocycles. The van der Waals surface area contributed by atoms with Crippen molar-refractivity contribution >= 4 is 39.4 Å². The third kappa shape index (κ3) is 5.55. The Morgan fingerprint density at radius 2 is 2.13 bits per heavy atom. The topological polar surface area (TPSA) is 131 Å². The summed E-state index contributed by atoms with van der Waals surface area (Å²) in [6, 6.07) is 14.7. The van der Waals surface area contributed by atoms with Gasteiger partial charge in [-0.1, -0.05) is 23.4 Å². The molecular weight excluding hydrogens is 468 g/mol. The zero-order chi connectivity index (χ0) is 22.4. The fourth-order valence-corrected chi connectivity index (χ4v) is 3.13. The Labute approximate surface area is 185 Å². The van der Waals surface area contributed by atoms with Crippen molar-refractivity contribution in [2.75, 3.05) is 5.32 Å². The maximum atomic E-state index is 12.3. The summed E-state index contributed by atoms with van der Waals surface area (Å²) in [6.45, 7) is 1.69. The number of nitrogens with zero attached hydrogens (tertiary/aromatic N) is 3. The van der Waals surface area contributed by atoms with Crippen molar-refractivity contribution in [2.45, 2.75) is 13.5 Å². The lowest BCUT2D eigenvalue weighted by Gasteiger charge is -2.09. The first-order valence-electron chi connectivity index (χ1n) is 8.88. The normalized spacial score (nSPS) is 10.9. The number of nitrogens with one attached hydrogen (secondary N) is 1. The number of hydrogen-bond donors (Lipinski definition) is 1. The number of benzene rings is 2. The van der Waals surface area contributed by atoms with Crippen LogP contribution in [0.1, 0.15) is 16.9 Å². The van der Waals surface area contributed by atoms with Gasteiger partial charge in [0.1, 0.15) is 29.8 Å². The van der Waals surface area contributed by atoms with Crippen molar-refractivity contribution in [3.05, 3.63) is 85.6 Å². The lowest BCUT2D eigenvalue weighted by atomic mass is 10.1. The Balaban J connectivity index is 1.73. The molecule has 0 aliphatic heterocycles. The smallest absolute Gasteiger partial charge is 0.276 e. The number of carbonyl (C=O) groups is 1. The molecule has 0 bridgehead atoms. The van der Waals surface area contributed by atoms with Crippen LogP contribution in [0.2, 0.25) is 0 Å². The number of amides is 1. The van der Waals surface area contributed by atoms with Gasteiger partial charge in [-0.25, -0.2) is 0 Å². The summed E-state index contributed by atoms with van der Waals surface area (Å²) < 4.78 is 11.1. The van der Waals surface area contributed by atoms with Crippen LogP contribution in [0, 0.1) is 28.4 Å². The maximum Gasteiger partial charge on any atom is 0.276 e. The van der Waals surface area contributed by atoms with E-state index in [1.807, 2.05) is 6.07 Å². The predicted octanol–water partition coefficient (Wildman–Crippen LogP) is 4.78. The molecule has 0 atom stereocenters. The Morgan fingerprint density at radius 3 is 2.77 bits per heavy atom. The number of para-hydroxylation sites is 1. The molecule has 2 aromatic carbocycles. The molecule has 0 unspecified atom stereocenters. The van der Waals surface area contributed by atoms with Crippen LogP contribution in [0.25, 0.3) is 6.08 Å². The van der Waals surface area contributed by atoms with Gasteiger partial charge in [0.2, 0.25) is 0 Å². The Kier molecular flexibility index (Phi) is 6.79. The fourth-order valence-electron chi connectivity index (χ4n) is 2.61. The minimum atomic E-state index is -0.622. The van der Waals surface area contributed by atoms with Crippen LogP contribution in [-0.2, 0) is 11.4 Å². The monoisotopic (exact) mass is 482 g/mol. The van der Waals surface area contributed by atoms with Gasteiger partial charge in [-0.15, -0.1) is 0 Å². The van der Waals surface area contributed by atoms with Crippen LogP contribution in [-0.4, -0.2) is 16.0 Å². The molecule has 9 nitrogen and oxygen atoms in total. The van der Waals surface area contributed by atoms with Crippen molar-refractivity contribution in [3.8, 4) is 11.8 Å². The van der Waals surface area contributed by atoms with Crippen LogP contribution in [0.3, 0.4) is 0 Å². The molecule has 1 amide bonds. The molecule has 0 fully saturated rings. The quantitative estimate of drug-likeness (QED) is 0.221. The van der Waals surface area contributed by atoms with E-state index in [-0.39, 0.29) is 23.7 Å². The number of aromatic nitrogens is 1. The van der Waals surface area contributed by atoms with Gasteiger partial charge in [0, 0.05) is 12.1 Å². The van der Waals surface area contributed by atoms with E-state index in [2.05, 4.69) is 26.4 Å². The SMILES string of the molecule is Cc1cc(NC(=O)/C(C#N)=C\c2ccc(OCc3ccccc3[N+](=O)[O-])c(Br)c2)no1. The fraction of sp³-hybridized carbons (Fsp3) is 0.0952. The van der Waals surface area contributed by atoms with Crippen molar-refractivity contribution in [2.24, 2.45) is 0 Å². The van der Waals surface area contributed by atoms with Crippen molar-refractivity contribution in [1.29, 1.82) is 5.26 Å². The number of hydrogen-bond acceptors (Lipinski definition) is 7. The predicted molar refractivity (Wildman–Crippen MR) is 115 cm³/mol. The van der Waals surface area contributed by atoms with Gasteiger partial charge in [0.05, 0.1) is 15.0 Å². The zero-order valence-electron chi connectivity index (χ0n) is 16.2. The molecule has 3 rings (SSSR count). The summed E-state index contributed by atoms with van der Waals surface area (Å²) in [4.78, 5) is 22.9. The molecule has 156 valence electrons. The van der Waals surface area contributed by atoms with Gasteiger partial charge in [-0.3, -0.25) is 14.9 Å². The second kappa shape index (κ2) is 9.69. The Morgan fingerprint density at radius 1 is 1.35 bits per heavy atom. The molecule has 0 saturated heterocycles.